The van der Waals surface area contributed by atoms with E-state index in [9.17, 15) is 9.59 Å². The van der Waals surface area contributed by atoms with E-state index >= 15 is 0 Å². The molecule has 1 aromatic heterocycles. The van der Waals surface area contributed by atoms with E-state index in [1.807, 2.05) is 30.3 Å². The average molecular weight is 544 g/mol. The number of para-hydroxylation sites is 1. The second-order valence-electron chi connectivity index (χ2n) is 11.4. The van der Waals surface area contributed by atoms with E-state index in [-0.39, 0.29) is 22.9 Å². The summed E-state index contributed by atoms with van der Waals surface area (Å²) >= 11 is 5.29. The van der Waals surface area contributed by atoms with E-state index in [4.69, 9.17) is 21.4 Å². The zero-order chi connectivity index (χ0) is 27.1. The molecule has 0 aliphatic heterocycles. The van der Waals surface area contributed by atoms with Gasteiger partial charge in [0.25, 0.3) is 0 Å². The van der Waals surface area contributed by atoms with Gasteiger partial charge in [-0.1, -0.05) is 25.1 Å². The van der Waals surface area contributed by atoms with Crippen LogP contribution in [-0.2, 0) is 16.0 Å². The van der Waals surface area contributed by atoms with Crippen LogP contribution >= 0.6 is 12.2 Å². The van der Waals surface area contributed by atoms with Crippen molar-refractivity contribution in [2.24, 2.45) is 22.4 Å². The summed E-state index contributed by atoms with van der Waals surface area (Å²) in [7, 11) is 0. The molecule has 5 atom stereocenters. The lowest BCUT2D eigenvalue weighted by atomic mass is 9.55. The molecule has 0 bridgehead atoms. The van der Waals surface area contributed by atoms with Gasteiger partial charge in [-0.3, -0.25) is 15.0 Å². The van der Waals surface area contributed by atoms with Crippen molar-refractivity contribution in [3.8, 4) is 0 Å². The quantitative estimate of drug-likeness (QED) is 0.183. The molecule has 0 spiro atoms. The number of carbonyl (C=O) groups excluding carboxylic acids is 1. The van der Waals surface area contributed by atoms with Crippen molar-refractivity contribution in [3.05, 3.63) is 75.6 Å². The maximum absolute atomic E-state index is 13.4. The number of hydrazone groups is 1. The number of nitrogens with one attached hydrogen (secondary N) is 2. The van der Waals surface area contributed by atoms with Crippen LogP contribution in [0.4, 0.5) is 5.69 Å². The molecule has 3 aromatic rings. The molecule has 7 nitrogen and oxygen atoms in total. The highest BCUT2D eigenvalue weighted by atomic mass is 32.1. The zero-order valence-electron chi connectivity index (χ0n) is 22.2. The first-order valence-electron chi connectivity index (χ1n) is 13.7. The van der Waals surface area contributed by atoms with E-state index in [0.717, 1.165) is 44.2 Å². The van der Waals surface area contributed by atoms with Gasteiger partial charge < -0.3 is 14.5 Å². The summed E-state index contributed by atoms with van der Waals surface area (Å²) in [6.07, 6.45) is 9.11. The third-order valence-corrected chi connectivity index (χ3v) is 9.46. The number of benzene rings is 2. The molecule has 2 N–H and O–H groups in total. The zero-order valence-corrected chi connectivity index (χ0v) is 23.1. The van der Waals surface area contributed by atoms with Gasteiger partial charge in [-0.15, -0.1) is 0 Å². The number of nitrogens with zero attached hydrogens (tertiary/aromatic N) is 1. The van der Waals surface area contributed by atoms with Crippen LogP contribution in [0.2, 0.25) is 0 Å². The normalized spacial score (nSPS) is 27.4. The fourth-order valence-electron chi connectivity index (χ4n) is 7.49. The lowest BCUT2D eigenvalue weighted by Crippen LogP contribution is -2.45. The van der Waals surface area contributed by atoms with Crippen molar-refractivity contribution in [3.63, 3.8) is 0 Å². The molecule has 2 aromatic carbocycles. The molecule has 2 fully saturated rings. The number of hydrogen-bond acceptors (Lipinski definition) is 6. The van der Waals surface area contributed by atoms with Crippen LogP contribution in [-0.4, -0.2) is 23.4 Å². The molecular formula is C31H33N3O4S. The van der Waals surface area contributed by atoms with Crippen LogP contribution < -0.4 is 16.2 Å². The van der Waals surface area contributed by atoms with Crippen LogP contribution in [0.5, 0.6) is 0 Å². The van der Waals surface area contributed by atoms with Crippen LogP contribution in [0.3, 0.4) is 0 Å². The highest BCUT2D eigenvalue weighted by Gasteiger charge is 2.56. The van der Waals surface area contributed by atoms with E-state index in [1.54, 1.807) is 0 Å². The smallest absolute Gasteiger partial charge is 0.302 e. The maximum atomic E-state index is 13.4. The van der Waals surface area contributed by atoms with E-state index in [0.29, 0.717) is 39.4 Å². The Balaban J connectivity index is 1.23. The van der Waals surface area contributed by atoms with Crippen molar-refractivity contribution in [2.45, 2.75) is 64.4 Å². The Kier molecular flexibility index (Phi) is 6.75. The standard InChI is InChI=1S/C31H33N3O4S/c1-18(35)38-28-11-10-26-23-9-8-19-14-27-25(15-24(19)22(23)12-13-31(26,28)2)29(36)20(17-37-27)16-32-34-30(39)33-21-6-4-3-5-7-21/h3-7,14-17,22-23,26,28H,8-13H2,1-2H3,(H2,33,34,39)/b32-16+/t22-,23+,26-,28-,31-/m0/s1. The minimum absolute atomic E-state index is 0.0113. The van der Waals surface area contributed by atoms with Crippen molar-refractivity contribution in [1.82, 2.24) is 5.43 Å². The topological polar surface area (TPSA) is 92.9 Å². The van der Waals surface area contributed by atoms with Crippen LogP contribution in [0.25, 0.3) is 11.0 Å². The summed E-state index contributed by atoms with van der Waals surface area (Å²) in [6, 6.07) is 13.7. The van der Waals surface area contributed by atoms with Crippen molar-refractivity contribution in [1.29, 1.82) is 0 Å². The van der Waals surface area contributed by atoms with Gasteiger partial charge in [-0.25, -0.2) is 0 Å². The van der Waals surface area contributed by atoms with Gasteiger partial charge in [0.15, 0.2) is 5.11 Å². The minimum atomic E-state index is -0.181. The molecule has 202 valence electrons. The molecule has 0 unspecified atom stereocenters. The number of anilines is 1. The molecule has 6 rings (SSSR count). The first-order valence-corrected chi connectivity index (χ1v) is 14.1. The van der Waals surface area contributed by atoms with Crippen molar-refractivity contribution in [2.75, 3.05) is 5.32 Å². The molecule has 1 heterocycles. The number of rotatable bonds is 4. The van der Waals surface area contributed by atoms with E-state index in [1.165, 1.54) is 30.5 Å². The first-order chi connectivity index (χ1) is 18.8. The van der Waals surface area contributed by atoms with Crippen LogP contribution in [0, 0.1) is 17.3 Å². The lowest BCUT2D eigenvalue weighted by Gasteiger charge is -2.50. The number of thiocarbonyl (C=S) groups is 1. The summed E-state index contributed by atoms with van der Waals surface area (Å²) in [5.74, 6) is 1.29. The molecule has 0 amide bonds. The van der Waals surface area contributed by atoms with E-state index < -0.39 is 0 Å². The number of esters is 1. The largest absolute Gasteiger partial charge is 0.463 e. The summed E-state index contributed by atoms with van der Waals surface area (Å²) in [6.45, 7) is 3.83. The van der Waals surface area contributed by atoms with Crippen molar-refractivity contribution < 1.29 is 13.9 Å². The Bertz CT molecular complexity index is 1520. The Morgan fingerprint density at radius 2 is 2.00 bits per heavy atom. The van der Waals surface area contributed by atoms with Gasteiger partial charge in [0.2, 0.25) is 5.43 Å². The molecule has 3 aliphatic rings. The SMILES string of the molecule is CC(=O)O[C@H]1CC[C@H]2[C@@H]3CCc4cc5occ(/C=N/NC(=S)Nc6ccccc6)c(=O)c5cc4[C@H]3CC[C@]12C. The number of fused-ring (bicyclic) bond motifs is 6. The van der Waals surface area contributed by atoms with Gasteiger partial charge in [0.1, 0.15) is 18.0 Å². The van der Waals surface area contributed by atoms with Gasteiger partial charge in [0.05, 0.1) is 17.2 Å². The minimum Gasteiger partial charge on any atom is -0.463 e. The summed E-state index contributed by atoms with van der Waals surface area (Å²) < 4.78 is 11.7. The summed E-state index contributed by atoms with van der Waals surface area (Å²) in [5.41, 5.74) is 7.07. The molecule has 0 radical (unpaired) electrons. The third kappa shape index (κ3) is 4.75. The highest BCUT2D eigenvalue weighted by Crippen LogP contribution is 2.61. The fourth-order valence-corrected chi connectivity index (χ4v) is 7.66. The lowest BCUT2D eigenvalue weighted by molar-refractivity contribution is -0.154. The molecule has 0 saturated heterocycles. The highest BCUT2D eigenvalue weighted by molar-refractivity contribution is 7.80. The Morgan fingerprint density at radius 3 is 2.79 bits per heavy atom. The summed E-state index contributed by atoms with van der Waals surface area (Å²) in [4.78, 5) is 25.2. The number of hydrogen-bond donors (Lipinski definition) is 2. The Morgan fingerprint density at radius 1 is 1.18 bits per heavy atom. The van der Waals surface area contributed by atoms with Gasteiger partial charge in [0, 0.05) is 18.0 Å². The second-order valence-corrected chi connectivity index (χ2v) is 11.8. The van der Waals surface area contributed by atoms with Gasteiger partial charge in [-0.2, -0.15) is 5.10 Å². The van der Waals surface area contributed by atoms with Gasteiger partial charge >= 0.3 is 5.97 Å². The molecule has 2 saturated carbocycles. The fraction of sp³-hybridized carbons (Fsp3) is 0.419. The molecule has 3 aliphatic carbocycles. The number of ether oxygens (including phenoxy) is 1. The number of carbonyl (C=O) groups is 1. The van der Waals surface area contributed by atoms with Crippen LogP contribution in [0.15, 0.2) is 63.0 Å². The predicted octanol–water partition coefficient (Wildman–Crippen LogP) is 5.90. The number of aryl methyl sites for hydroxylation is 1. The Labute approximate surface area is 233 Å². The maximum Gasteiger partial charge on any atom is 0.302 e. The predicted molar refractivity (Wildman–Crippen MR) is 156 cm³/mol. The molecule has 39 heavy (non-hydrogen) atoms. The van der Waals surface area contributed by atoms with E-state index in [2.05, 4.69) is 34.9 Å². The average Bonchev–Trinajstić information content (AvgIpc) is 3.25. The molecule has 8 heteroatoms. The molecular weight excluding hydrogens is 510 g/mol. The van der Waals surface area contributed by atoms with Gasteiger partial charge in [-0.05, 0) is 104 Å². The first kappa shape index (κ1) is 25.7. The Hall–Kier alpha value is -3.52. The van der Waals surface area contributed by atoms with Crippen LogP contribution in [0.1, 0.15) is 68.6 Å². The monoisotopic (exact) mass is 543 g/mol. The second kappa shape index (κ2) is 10.2. The third-order valence-electron chi connectivity index (χ3n) is 9.27. The van der Waals surface area contributed by atoms with Crippen molar-refractivity contribution >= 4 is 46.2 Å². The summed E-state index contributed by atoms with van der Waals surface area (Å²) in [5, 5.41) is 8.11.